The molecule has 0 N–H and O–H groups in total. The molecule has 4 saturated carbocycles. The molecule has 2 heteroatoms. The second kappa shape index (κ2) is 1.98. The highest BCUT2D eigenvalue weighted by Gasteiger charge is 2.58. The molecule has 0 unspecified atom stereocenters. The number of carbonyl (C=O) groups excluding carboxylic acids is 2. The molecule has 0 saturated heterocycles. The van der Waals surface area contributed by atoms with Crippen molar-refractivity contribution in [2.24, 2.45) is 23.7 Å². The first-order valence-electron chi connectivity index (χ1n) is 4.79. The molecule has 4 fully saturated rings. The molecular weight excluding hydrogens is 152 g/mol. The van der Waals surface area contributed by atoms with Gasteiger partial charge in [-0.2, -0.15) is 0 Å². The van der Waals surface area contributed by atoms with Crippen molar-refractivity contribution in [2.45, 2.75) is 25.7 Å². The molecule has 0 amide bonds. The van der Waals surface area contributed by atoms with Crippen LogP contribution in [-0.2, 0) is 9.59 Å². The molecule has 4 aliphatic rings. The topological polar surface area (TPSA) is 34.1 Å². The Morgan fingerprint density at radius 1 is 0.667 bits per heavy atom. The summed E-state index contributed by atoms with van der Waals surface area (Å²) in [5, 5.41) is 0. The first-order chi connectivity index (χ1) is 5.75. The molecule has 0 spiro atoms. The first-order valence-corrected chi connectivity index (χ1v) is 4.79. The van der Waals surface area contributed by atoms with Crippen LogP contribution in [0.5, 0.6) is 0 Å². The van der Waals surface area contributed by atoms with Gasteiger partial charge in [0.1, 0.15) is 11.6 Å². The number of hydrogen-bond donors (Lipinski definition) is 0. The maximum atomic E-state index is 11.1. The molecule has 0 heterocycles. The summed E-state index contributed by atoms with van der Waals surface area (Å²) in [6.07, 6.45) is 3.11. The number of ketones is 2. The van der Waals surface area contributed by atoms with Gasteiger partial charge in [-0.1, -0.05) is 0 Å². The van der Waals surface area contributed by atoms with Crippen LogP contribution in [0.25, 0.3) is 0 Å². The number of carbonyl (C=O) groups is 2. The average molecular weight is 164 g/mol. The molecule has 0 radical (unpaired) electrons. The summed E-state index contributed by atoms with van der Waals surface area (Å²) in [5.41, 5.74) is 0. The van der Waals surface area contributed by atoms with Crippen LogP contribution in [0.1, 0.15) is 25.7 Å². The Labute approximate surface area is 71.3 Å². The maximum Gasteiger partial charge on any atom is 0.133 e. The predicted octanol–water partition coefficient (Wildman–Crippen LogP) is 1.19. The summed E-state index contributed by atoms with van der Waals surface area (Å²) in [5.74, 6) is 3.30. The fourth-order valence-corrected chi connectivity index (χ4v) is 3.55. The average Bonchev–Trinajstić information content (AvgIpc) is 2.06. The molecule has 0 aliphatic heterocycles. The van der Waals surface area contributed by atoms with Crippen molar-refractivity contribution in [3.8, 4) is 0 Å². The Morgan fingerprint density at radius 3 is 1.17 bits per heavy atom. The van der Waals surface area contributed by atoms with Crippen LogP contribution in [0, 0.1) is 23.7 Å². The lowest BCUT2D eigenvalue weighted by Gasteiger charge is -2.58. The predicted molar refractivity (Wildman–Crippen MR) is 42.4 cm³/mol. The van der Waals surface area contributed by atoms with E-state index in [0.29, 0.717) is 35.2 Å². The molecule has 0 aromatic heterocycles. The number of hydrogen-bond acceptors (Lipinski definition) is 2. The minimum atomic E-state index is 0.437. The van der Waals surface area contributed by atoms with E-state index in [4.69, 9.17) is 0 Å². The molecule has 64 valence electrons. The zero-order valence-electron chi connectivity index (χ0n) is 6.95. The van der Waals surface area contributed by atoms with Gasteiger partial charge >= 0.3 is 0 Å². The minimum Gasteiger partial charge on any atom is -0.300 e. The molecular formula is C10H12O2. The van der Waals surface area contributed by atoms with Crippen LogP contribution in [0.3, 0.4) is 0 Å². The van der Waals surface area contributed by atoms with Crippen LogP contribution >= 0.6 is 0 Å². The molecule has 4 bridgehead atoms. The molecule has 0 aromatic rings. The lowest BCUT2D eigenvalue weighted by Crippen LogP contribution is -2.57. The van der Waals surface area contributed by atoms with Crippen LogP contribution in [-0.4, -0.2) is 11.6 Å². The highest BCUT2D eigenvalue weighted by molar-refractivity contribution is 5.86. The third kappa shape index (κ3) is 0.661. The molecule has 4 aliphatic carbocycles. The number of rotatable bonds is 0. The van der Waals surface area contributed by atoms with Gasteiger partial charge in [-0.15, -0.1) is 0 Å². The van der Waals surface area contributed by atoms with E-state index in [2.05, 4.69) is 0 Å². The SMILES string of the molecule is O=C1CC2C3CC(=O)CC2C3C1. The Bertz CT molecular complexity index is 209. The number of fused-ring (bicyclic) bond motifs is 2. The van der Waals surface area contributed by atoms with E-state index in [1.165, 1.54) is 0 Å². The third-order valence-corrected chi connectivity index (χ3v) is 4.05. The van der Waals surface area contributed by atoms with Crippen molar-refractivity contribution >= 4 is 11.6 Å². The van der Waals surface area contributed by atoms with Gasteiger partial charge in [-0.3, -0.25) is 9.59 Å². The van der Waals surface area contributed by atoms with E-state index in [1.54, 1.807) is 0 Å². The zero-order valence-corrected chi connectivity index (χ0v) is 6.95. The van der Waals surface area contributed by atoms with E-state index in [-0.39, 0.29) is 0 Å². The van der Waals surface area contributed by atoms with E-state index >= 15 is 0 Å². The summed E-state index contributed by atoms with van der Waals surface area (Å²) in [6, 6.07) is 0. The standard InChI is InChI=1S/C10H12O2/c11-5-1-7-8-3-6(12)4-9(7)10(8)2-5/h7-10H,1-4H2. The van der Waals surface area contributed by atoms with Crippen LogP contribution in [0.2, 0.25) is 0 Å². The molecule has 12 heavy (non-hydrogen) atoms. The van der Waals surface area contributed by atoms with Crippen molar-refractivity contribution in [1.82, 2.24) is 0 Å². The van der Waals surface area contributed by atoms with Gasteiger partial charge < -0.3 is 0 Å². The van der Waals surface area contributed by atoms with E-state index < -0.39 is 0 Å². The quantitative estimate of drug-likeness (QED) is 0.539. The minimum absolute atomic E-state index is 0.437. The first kappa shape index (κ1) is 6.81. The van der Waals surface area contributed by atoms with Gasteiger partial charge in [0.15, 0.2) is 0 Å². The van der Waals surface area contributed by atoms with Gasteiger partial charge in [0, 0.05) is 25.7 Å². The summed E-state index contributed by atoms with van der Waals surface area (Å²) >= 11 is 0. The van der Waals surface area contributed by atoms with Gasteiger partial charge in [0.25, 0.3) is 0 Å². The summed E-state index contributed by atoms with van der Waals surface area (Å²) in [6.45, 7) is 0. The summed E-state index contributed by atoms with van der Waals surface area (Å²) in [7, 11) is 0. The second-order valence-electron chi connectivity index (χ2n) is 4.55. The van der Waals surface area contributed by atoms with E-state index in [1.807, 2.05) is 0 Å². The molecule has 4 rings (SSSR count). The van der Waals surface area contributed by atoms with Crippen LogP contribution < -0.4 is 0 Å². The molecule has 0 aromatic carbocycles. The lowest BCUT2D eigenvalue weighted by atomic mass is 9.45. The molecule has 2 nitrogen and oxygen atoms in total. The van der Waals surface area contributed by atoms with Gasteiger partial charge in [0.05, 0.1) is 0 Å². The molecule has 0 atom stereocenters. The number of Topliss-reactive ketones (excluding diaryl/α,β-unsaturated/α-hetero) is 2. The Morgan fingerprint density at radius 2 is 0.917 bits per heavy atom. The van der Waals surface area contributed by atoms with Crippen LogP contribution in [0.15, 0.2) is 0 Å². The fraction of sp³-hybridized carbons (Fsp3) is 0.800. The van der Waals surface area contributed by atoms with Gasteiger partial charge in [-0.05, 0) is 23.7 Å². The monoisotopic (exact) mass is 164 g/mol. The normalized spacial score (nSPS) is 50.3. The Balaban J connectivity index is 1.86. The smallest absolute Gasteiger partial charge is 0.133 e. The zero-order chi connectivity index (χ0) is 8.29. The van der Waals surface area contributed by atoms with Crippen molar-refractivity contribution < 1.29 is 9.59 Å². The van der Waals surface area contributed by atoms with Crippen LogP contribution in [0.4, 0.5) is 0 Å². The Hall–Kier alpha value is -0.660. The summed E-state index contributed by atoms with van der Waals surface area (Å²) < 4.78 is 0. The largest absolute Gasteiger partial charge is 0.300 e. The third-order valence-electron chi connectivity index (χ3n) is 4.05. The second-order valence-corrected chi connectivity index (χ2v) is 4.55. The maximum absolute atomic E-state index is 11.1. The summed E-state index contributed by atoms with van der Waals surface area (Å²) in [4.78, 5) is 22.3. The Kier molecular flexibility index (Phi) is 1.12. The lowest BCUT2D eigenvalue weighted by molar-refractivity contribution is -0.160. The van der Waals surface area contributed by atoms with Crippen molar-refractivity contribution in [3.05, 3.63) is 0 Å². The van der Waals surface area contributed by atoms with Crippen molar-refractivity contribution in [3.63, 3.8) is 0 Å². The van der Waals surface area contributed by atoms with Gasteiger partial charge in [-0.25, -0.2) is 0 Å². The van der Waals surface area contributed by atoms with E-state index in [0.717, 1.165) is 25.7 Å². The van der Waals surface area contributed by atoms with E-state index in [9.17, 15) is 9.59 Å². The highest BCUT2D eigenvalue weighted by atomic mass is 16.1. The van der Waals surface area contributed by atoms with Crippen molar-refractivity contribution in [2.75, 3.05) is 0 Å². The highest BCUT2D eigenvalue weighted by Crippen LogP contribution is 2.59. The van der Waals surface area contributed by atoms with Gasteiger partial charge in [0.2, 0.25) is 0 Å². The fourth-order valence-electron chi connectivity index (χ4n) is 3.55. The van der Waals surface area contributed by atoms with Crippen molar-refractivity contribution in [1.29, 1.82) is 0 Å².